The first-order chi connectivity index (χ1) is 11.9. The molecule has 3 rings (SSSR count). The number of hydrogen-bond donors (Lipinski definition) is 0. The zero-order valence-electron chi connectivity index (χ0n) is 16.6. The van der Waals surface area contributed by atoms with Gasteiger partial charge >= 0.3 is 0 Å². The van der Waals surface area contributed by atoms with Crippen LogP contribution in [0.1, 0.15) is 57.1 Å². The minimum absolute atomic E-state index is 0.0279. The van der Waals surface area contributed by atoms with Crippen LogP contribution in [0.15, 0.2) is 43.0 Å². The Morgan fingerprint density at radius 2 is 1.60 bits per heavy atom. The lowest BCUT2D eigenvalue weighted by atomic mass is 9.37. The van der Waals surface area contributed by atoms with Crippen molar-refractivity contribution in [2.45, 2.75) is 87.9 Å². The fraction of sp³-hybridized carbons (Fsp3) is 0.636. The van der Waals surface area contributed by atoms with Crippen LogP contribution in [0.4, 0.5) is 0 Å². The molecule has 2 fully saturated rings. The fourth-order valence-electron chi connectivity index (χ4n) is 4.99. The summed E-state index contributed by atoms with van der Waals surface area (Å²) in [4.78, 5) is 0. The largest absolute Gasteiger partial charge is 0.428 e. The van der Waals surface area contributed by atoms with E-state index in [1.54, 1.807) is 0 Å². The van der Waals surface area contributed by atoms with Gasteiger partial charge in [-0.2, -0.15) is 0 Å². The van der Waals surface area contributed by atoms with Crippen LogP contribution in [0.25, 0.3) is 0 Å². The van der Waals surface area contributed by atoms with Crippen molar-refractivity contribution in [3.63, 3.8) is 0 Å². The zero-order chi connectivity index (χ0) is 18.1. The topological polar surface area (TPSA) is 9.23 Å². The van der Waals surface area contributed by atoms with E-state index in [9.17, 15) is 0 Å². The van der Waals surface area contributed by atoms with Gasteiger partial charge < -0.3 is 4.65 Å². The Bertz CT molecular complexity index is 559. The van der Waals surface area contributed by atoms with Gasteiger partial charge in [0.15, 0.2) is 0 Å². The van der Waals surface area contributed by atoms with Crippen LogP contribution in [-0.4, -0.2) is 15.0 Å². The highest BCUT2D eigenvalue weighted by Crippen LogP contribution is 2.55. The van der Waals surface area contributed by atoms with Gasteiger partial charge in [-0.3, -0.25) is 0 Å². The van der Waals surface area contributed by atoms with Crippen molar-refractivity contribution in [1.82, 2.24) is 0 Å². The molecule has 0 aromatic heterocycles. The first kappa shape index (κ1) is 19.0. The fourth-order valence-corrected chi connectivity index (χ4v) is 6.63. The molecule has 1 aromatic carbocycles. The van der Waals surface area contributed by atoms with Gasteiger partial charge in [-0.15, -0.1) is 6.58 Å². The third kappa shape index (κ3) is 3.68. The molecule has 2 aliphatic heterocycles. The van der Waals surface area contributed by atoms with E-state index in [1.807, 2.05) is 0 Å². The van der Waals surface area contributed by atoms with Crippen molar-refractivity contribution in [2.75, 3.05) is 0 Å². The Morgan fingerprint density at radius 3 is 2.04 bits per heavy atom. The predicted molar refractivity (Wildman–Crippen MR) is 113 cm³/mol. The lowest BCUT2D eigenvalue weighted by Gasteiger charge is -2.49. The molecule has 3 heteroatoms. The Morgan fingerprint density at radius 1 is 1.08 bits per heavy atom. The quantitative estimate of drug-likeness (QED) is 0.390. The summed E-state index contributed by atoms with van der Waals surface area (Å²) >= 11 is 0. The number of benzene rings is 1. The molecule has 136 valence electrons. The molecule has 0 spiro atoms. The molecule has 0 N–H and O–H groups in total. The second kappa shape index (κ2) is 7.44. The van der Waals surface area contributed by atoms with Gasteiger partial charge in [0.1, 0.15) is 0 Å². The molecule has 0 unspecified atom stereocenters. The number of rotatable bonds is 6. The molecule has 2 heterocycles. The van der Waals surface area contributed by atoms with Crippen LogP contribution >= 0.6 is 0 Å². The molecule has 1 aromatic rings. The van der Waals surface area contributed by atoms with Crippen LogP contribution in [0.2, 0.25) is 36.3 Å². The van der Waals surface area contributed by atoms with Crippen LogP contribution in [0.5, 0.6) is 0 Å². The van der Waals surface area contributed by atoms with Crippen LogP contribution in [0, 0.1) is 0 Å². The Balaban J connectivity index is 1.96. The summed E-state index contributed by atoms with van der Waals surface area (Å²) in [5, 5.41) is 0.0279. The second-order valence-electron chi connectivity index (χ2n) is 9.51. The lowest BCUT2D eigenvalue weighted by Crippen LogP contribution is -2.46. The molecule has 0 amide bonds. The summed E-state index contributed by atoms with van der Waals surface area (Å²) in [6.07, 6.45) is 10.6. The second-order valence-corrected chi connectivity index (χ2v) is 15.1. The Labute approximate surface area is 156 Å². The van der Waals surface area contributed by atoms with Crippen LogP contribution in [0.3, 0.4) is 0 Å². The molecule has 0 radical (unpaired) electrons. The van der Waals surface area contributed by atoms with Crippen molar-refractivity contribution < 1.29 is 4.65 Å². The summed E-state index contributed by atoms with van der Waals surface area (Å²) < 4.78 is 7.09. The van der Waals surface area contributed by atoms with Crippen LogP contribution < -0.4 is 0 Å². The normalized spacial score (nSPS) is 27.4. The van der Waals surface area contributed by atoms with E-state index in [0.717, 1.165) is 11.6 Å². The summed E-state index contributed by atoms with van der Waals surface area (Å²) in [6.45, 7) is 14.5. The molecule has 0 saturated carbocycles. The molecule has 1 nitrogen and oxygen atoms in total. The maximum Gasteiger partial charge on any atom is 0.300 e. The molecule has 2 bridgehead atoms. The van der Waals surface area contributed by atoms with Gasteiger partial charge in [-0.25, -0.2) is 0 Å². The first-order valence-electron chi connectivity index (χ1n) is 10.2. The number of fused-ring (bicyclic) bond motifs is 2. The molecular weight excluding hydrogens is 319 g/mol. The highest BCUT2D eigenvalue weighted by Gasteiger charge is 2.49. The van der Waals surface area contributed by atoms with Gasteiger partial charge in [0.05, 0.1) is 14.2 Å². The molecule has 25 heavy (non-hydrogen) atoms. The van der Waals surface area contributed by atoms with E-state index in [-0.39, 0.29) is 11.1 Å². The van der Waals surface area contributed by atoms with Gasteiger partial charge in [-0.05, 0) is 17.2 Å². The van der Waals surface area contributed by atoms with Gasteiger partial charge in [0.2, 0.25) is 0 Å². The molecule has 2 saturated heterocycles. The lowest BCUT2D eigenvalue weighted by molar-refractivity contribution is 0.149. The van der Waals surface area contributed by atoms with Crippen molar-refractivity contribution in [3.8, 4) is 0 Å². The third-order valence-corrected chi connectivity index (χ3v) is 10.9. The van der Waals surface area contributed by atoms with Gasteiger partial charge in [-0.1, -0.05) is 101 Å². The van der Waals surface area contributed by atoms with Crippen LogP contribution in [-0.2, 0) is 4.65 Å². The van der Waals surface area contributed by atoms with E-state index >= 15 is 0 Å². The molecule has 2 aliphatic rings. The van der Waals surface area contributed by atoms with E-state index in [1.165, 1.54) is 44.1 Å². The third-order valence-electron chi connectivity index (χ3n) is 7.21. The minimum Gasteiger partial charge on any atom is -0.428 e. The highest BCUT2D eigenvalue weighted by molar-refractivity contribution is 6.79. The van der Waals surface area contributed by atoms with Crippen molar-refractivity contribution in [2.24, 2.45) is 0 Å². The predicted octanol–water partition coefficient (Wildman–Crippen LogP) is 7.13. The smallest absolute Gasteiger partial charge is 0.300 e. The van der Waals surface area contributed by atoms with E-state index in [4.69, 9.17) is 4.65 Å². The summed E-state index contributed by atoms with van der Waals surface area (Å²) in [5.41, 5.74) is 1.33. The molecule has 0 aliphatic carbocycles. The average molecular weight is 354 g/mol. The monoisotopic (exact) mass is 354 g/mol. The van der Waals surface area contributed by atoms with Gasteiger partial charge in [0.25, 0.3) is 6.92 Å². The van der Waals surface area contributed by atoms with Gasteiger partial charge in [0, 0.05) is 5.04 Å². The summed E-state index contributed by atoms with van der Waals surface area (Å²) in [5.74, 6) is 1.55. The summed E-state index contributed by atoms with van der Waals surface area (Å²) in [7, 11) is -1.52. The van der Waals surface area contributed by atoms with Crippen molar-refractivity contribution in [1.29, 1.82) is 0 Å². The number of hydrogen-bond acceptors (Lipinski definition) is 1. The maximum absolute atomic E-state index is 7.09. The van der Waals surface area contributed by atoms with E-state index < -0.39 is 8.07 Å². The highest BCUT2D eigenvalue weighted by atomic mass is 28.3. The molecular formula is C22H35BOSi. The first-order valence-corrected chi connectivity index (χ1v) is 13.7. The maximum atomic E-state index is 7.09. The van der Waals surface area contributed by atoms with Crippen molar-refractivity contribution >= 4 is 15.0 Å². The minimum atomic E-state index is -1.52. The molecule has 2 atom stereocenters. The summed E-state index contributed by atoms with van der Waals surface area (Å²) in [6, 6.07) is 10.9. The van der Waals surface area contributed by atoms with E-state index in [0.29, 0.717) is 6.92 Å². The SMILES string of the molecule is C=C[C@](C)([C@@H](OB1C2CCCC1CCC2)c1ccccc1)[Si](C)(C)C. The Hall–Kier alpha value is -0.798. The standard InChI is InChI=1S/C22H35BOSi/c1-6-22(2,25(3,4)5)21(18-12-8-7-9-13-18)24-23-19-14-10-15-20(23)17-11-16-19/h6-9,12-13,19-21H,1,10-11,14-17H2,2-5H3/t19?,20?,21-,22+/m0/s1. The average Bonchev–Trinajstić information content (AvgIpc) is 2.58. The zero-order valence-corrected chi connectivity index (χ0v) is 17.6. The van der Waals surface area contributed by atoms with E-state index in [2.05, 4.69) is 69.6 Å². The van der Waals surface area contributed by atoms with Crippen molar-refractivity contribution in [3.05, 3.63) is 48.6 Å². The Kier molecular flexibility index (Phi) is 5.65.